The Balaban J connectivity index is 2.17. The van der Waals surface area contributed by atoms with Crippen LogP contribution in [0.1, 0.15) is 38.7 Å². The van der Waals surface area contributed by atoms with Crippen molar-refractivity contribution in [2.45, 2.75) is 38.3 Å². The molecule has 0 saturated heterocycles. The number of benzene rings is 1. The topological polar surface area (TPSA) is 38.9 Å². The first-order valence-corrected chi connectivity index (χ1v) is 7.29. The molecular weight excluding hydrogens is 244 g/mol. The summed E-state index contributed by atoms with van der Waals surface area (Å²) in [5.41, 5.74) is 2.33. The molecule has 96 valence electrons. The summed E-state index contributed by atoms with van der Waals surface area (Å²) in [4.78, 5) is 0. The van der Waals surface area contributed by atoms with Gasteiger partial charge in [-0.2, -0.15) is 0 Å². The average molecular weight is 262 g/mol. The Labute approximate surface area is 112 Å². The lowest BCUT2D eigenvalue weighted by atomic mass is 9.98. The van der Waals surface area contributed by atoms with Gasteiger partial charge in [-0.15, -0.1) is 10.2 Å². The van der Waals surface area contributed by atoms with Crippen LogP contribution in [0.5, 0.6) is 0 Å². The number of thioether (sulfide) groups is 1. The van der Waals surface area contributed by atoms with Crippen molar-refractivity contribution in [1.29, 1.82) is 0 Å². The number of hydrogen-bond donors (Lipinski definition) is 0. The van der Waals surface area contributed by atoms with Gasteiger partial charge in [-0.05, 0) is 35.8 Å². The molecule has 0 amide bonds. The van der Waals surface area contributed by atoms with E-state index in [1.807, 2.05) is 0 Å². The first kappa shape index (κ1) is 13.1. The molecule has 4 heteroatoms. The van der Waals surface area contributed by atoms with E-state index in [9.17, 15) is 0 Å². The maximum atomic E-state index is 5.58. The van der Waals surface area contributed by atoms with Crippen LogP contribution >= 0.6 is 11.8 Å². The number of nitrogens with zero attached hydrogens (tertiary/aromatic N) is 2. The van der Waals surface area contributed by atoms with E-state index in [4.69, 9.17) is 4.42 Å². The highest BCUT2D eigenvalue weighted by molar-refractivity contribution is 7.99. The van der Waals surface area contributed by atoms with Crippen molar-refractivity contribution in [2.75, 3.05) is 5.75 Å². The van der Waals surface area contributed by atoms with Gasteiger partial charge in [-0.1, -0.05) is 44.7 Å². The van der Waals surface area contributed by atoms with Gasteiger partial charge in [0.1, 0.15) is 0 Å². The molecule has 2 aromatic rings. The normalized spacial score (nSPS) is 12.6. The summed E-state index contributed by atoms with van der Waals surface area (Å²) in [6, 6.07) is 8.38. The first-order valence-electron chi connectivity index (χ1n) is 6.31. The molecule has 18 heavy (non-hydrogen) atoms. The van der Waals surface area contributed by atoms with Gasteiger partial charge in [-0.25, -0.2) is 0 Å². The fraction of sp³-hybridized carbons (Fsp3) is 0.429. The Morgan fingerprint density at radius 2 is 1.89 bits per heavy atom. The minimum absolute atomic E-state index is 0.591. The molecule has 0 spiro atoms. The Morgan fingerprint density at radius 3 is 2.50 bits per heavy atom. The zero-order valence-corrected chi connectivity index (χ0v) is 11.8. The summed E-state index contributed by atoms with van der Waals surface area (Å²) in [7, 11) is 0. The predicted octanol–water partition coefficient (Wildman–Crippen LogP) is 4.36. The standard InChI is InChI=1S/C14H18N2OS/c1-4-10(3)11-6-8-12(9-7-11)13-15-16-14(17-13)18-5-2/h6-10H,4-5H2,1-3H3. The van der Waals surface area contributed by atoms with Crippen molar-refractivity contribution < 1.29 is 4.42 Å². The third kappa shape index (κ3) is 2.93. The summed E-state index contributed by atoms with van der Waals surface area (Å²) < 4.78 is 5.58. The molecular formula is C14H18N2OS. The van der Waals surface area contributed by atoms with Crippen molar-refractivity contribution in [3.8, 4) is 11.5 Å². The fourth-order valence-corrected chi connectivity index (χ4v) is 2.18. The maximum absolute atomic E-state index is 5.58. The molecule has 0 aliphatic carbocycles. The average Bonchev–Trinajstić information content (AvgIpc) is 2.87. The van der Waals surface area contributed by atoms with E-state index in [1.54, 1.807) is 11.8 Å². The first-order chi connectivity index (χ1) is 8.74. The van der Waals surface area contributed by atoms with Crippen LogP contribution in [0.3, 0.4) is 0 Å². The van der Waals surface area contributed by atoms with Crippen molar-refractivity contribution in [3.05, 3.63) is 29.8 Å². The molecule has 0 saturated carbocycles. The van der Waals surface area contributed by atoms with Gasteiger partial charge in [0.15, 0.2) is 0 Å². The van der Waals surface area contributed by atoms with Crippen molar-refractivity contribution in [3.63, 3.8) is 0 Å². The minimum atomic E-state index is 0.591. The lowest BCUT2D eigenvalue weighted by Crippen LogP contribution is -1.90. The molecule has 0 radical (unpaired) electrons. The number of rotatable bonds is 5. The second kappa shape index (κ2) is 6.05. The van der Waals surface area contributed by atoms with E-state index in [0.29, 0.717) is 17.0 Å². The van der Waals surface area contributed by atoms with E-state index in [0.717, 1.165) is 17.7 Å². The zero-order chi connectivity index (χ0) is 13.0. The highest BCUT2D eigenvalue weighted by Gasteiger charge is 2.09. The van der Waals surface area contributed by atoms with Crippen LogP contribution in [-0.2, 0) is 0 Å². The van der Waals surface area contributed by atoms with Gasteiger partial charge >= 0.3 is 0 Å². The molecule has 0 N–H and O–H groups in total. The quantitative estimate of drug-likeness (QED) is 0.750. The SMILES string of the molecule is CCSc1nnc(-c2ccc(C(C)CC)cc2)o1. The van der Waals surface area contributed by atoms with Gasteiger partial charge in [0.25, 0.3) is 5.22 Å². The van der Waals surface area contributed by atoms with Crippen molar-refractivity contribution in [2.24, 2.45) is 0 Å². The predicted molar refractivity (Wildman–Crippen MR) is 74.8 cm³/mol. The van der Waals surface area contributed by atoms with E-state index in [2.05, 4.69) is 55.2 Å². The van der Waals surface area contributed by atoms with E-state index >= 15 is 0 Å². The Morgan fingerprint density at radius 1 is 1.17 bits per heavy atom. The smallest absolute Gasteiger partial charge is 0.276 e. The van der Waals surface area contributed by atoms with Crippen LogP contribution in [-0.4, -0.2) is 16.0 Å². The Hall–Kier alpha value is -1.29. The summed E-state index contributed by atoms with van der Waals surface area (Å²) in [6.07, 6.45) is 1.15. The van der Waals surface area contributed by atoms with Crippen LogP contribution in [0.2, 0.25) is 0 Å². The van der Waals surface area contributed by atoms with Crippen molar-refractivity contribution in [1.82, 2.24) is 10.2 Å². The molecule has 0 fully saturated rings. The second-order valence-electron chi connectivity index (χ2n) is 4.24. The van der Waals surface area contributed by atoms with Gasteiger partial charge in [0, 0.05) is 5.56 Å². The van der Waals surface area contributed by atoms with E-state index in [-0.39, 0.29) is 0 Å². The van der Waals surface area contributed by atoms with Gasteiger partial charge in [0.05, 0.1) is 0 Å². The summed E-state index contributed by atoms with van der Waals surface area (Å²) in [6.45, 7) is 6.50. The highest BCUT2D eigenvalue weighted by atomic mass is 32.2. The minimum Gasteiger partial charge on any atom is -0.411 e. The van der Waals surface area contributed by atoms with Crippen molar-refractivity contribution >= 4 is 11.8 Å². The van der Waals surface area contributed by atoms with Gasteiger partial charge < -0.3 is 4.42 Å². The molecule has 0 aliphatic rings. The third-order valence-corrected chi connectivity index (χ3v) is 3.71. The molecule has 0 bridgehead atoms. The van der Waals surface area contributed by atoms with Gasteiger partial charge in [-0.3, -0.25) is 0 Å². The van der Waals surface area contributed by atoms with E-state index < -0.39 is 0 Å². The molecule has 1 unspecified atom stereocenters. The molecule has 1 aromatic carbocycles. The van der Waals surface area contributed by atoms with Crippen LogP contribution in [0.15, 0.2) is 33.9 Å². The molecule has 2 rings (SSSR count). The highest BCUT2D eigenvalue weighted by Crippen LogP contribution is 2.25. The molecule has 1 aromatic heterocycles. The lowest BCUT2D eigenvalue weighted by Gasteiger charge is -2.08. The lowest BCUT2D eigenvalue weighted by molar-refractivity contribution is 0.466. The summed E-state index contributed by atoms with van der Waals surface area (Å²) in [5, 5.41) is 8.70. The van der Waals surface area contributed by atoms with Crippen LogP contribution in [0.4, 0.5) is 0 Å². The molecule has 0 aliphatic heterocycles. The second-order valence-corrected chi connectivity index (χ2v) is 5.45. The van der Waals surface area contributed by atoms with Crippen LogP contribution in [0, 0.1) is 0 Å². The number of aromatic nitrogens is 2. The Kier molecular flexibility index (Phi) is 4.42. The molecule has 1 heterocycles. The third-order valence-electron chi connectivity index (χ3n) is 3.01. The summed E-state index contributed by atoms with van der Waals surface area (Å²) >= 11 is 1.56. The molecule has 3 nitrogen and oxygen atoms in total. The summed E-state index contributed by atoms with van der Waals surface area (Å²) in [5.74, 6) is 2.13. The largest absolute Gasteiger partial charge is 0.411 e. The molecule has 1 atom stereocenters. The zero-order valence-electron chi connectivity index (χ0n) is 11.0. The monoisotopic (exact) mass is 262 g/mol. The van der Waals surface area contributed by atoms with Crippen LogP contribution in [0.25, 0.3) is 11.5 Å². The van der Waals surface area contributed by atoms with Crippen LogP contribution < -0.4 is 0 Å². The van der Waals surface area contributed by atoms with Gasteiger partial charge in [0.2, 0.25) is 5.89 Å². The maximum Gasteiger partial charge on any atom is 0.276 e. The Bertz CT molecular complexity index is 493. The number of hydrogen-bond acceptors (Lipinski definition) is 4. The van der Waals surface area contributed by atoms with E-state index in [1.165, 1.54) is 5.56 Å². The fourth-order valence-electron chi connectivity index (χ4n) is 1.70.